The number of nitrogens with zero attached hydrogens (tertiary/aromatic N) is 1. The zero-order valence-electron chi connectivity index (χ0n) is 18.1. The number of esters is 1. The molecule has 1 aliphatic heterocycles. The number of nitrogens with one attached hydrogen (secondary N) is 1. The van der Waals surface area contributed by atoms with Gasteiger partial charge in [0.1, 0.15) is 11.5 Å². The van der Waals surface area contributed by atoms with Crippen LogP contribution in [0.1, 0.15) is 17.5 Å². The summed E-state index contributed by atoms with van der Waals surface area (Å²) in [5.74, 6) is -0.860. The number of carbonyl (C=O) groups is 3. The van der Waals surface area contributed by atoms with Crippen molar-refractivity contribution in [1.82, 2.24) is 0 Å². The van der Waals surface area contributed by atoms with Gasteiger partial charge in [0.25, 0.3) is 5.91 Å². The van der Waals surface area contributed by atoms with Gasteiger partial charge >= 0.3 is 5.97 Å². The number of methoxy groups -OCH3 is 2. The molecule has 1 saturated heterocycles. The van der Waals surface area contributed by atoms with Crippen LogP contribution in [0.25, 0.3) is 0 Å². The van der Waals surface area contributed by atoms with E-state index >= 15 is 0 Å². The molecule has 1 aliphatic rings. The van der Waals surface area contributed by atoms with Crippen molar-refractivity contribution in [2.45, 2.75) is 20.3 Å². The van der Waals surface area contributed by atoms with Crippen LogP contribution >= 0.6 is 0 Å². The van der Waals surface area contributed by atoms with Crippen LogP contribution in [0.3, 0.4) is 0 Å². The Kier molecular flexibility index (Phi) is 6.79. The predicted molar refractivity (Wildman–Crippen MR) is 116 cm³/mol. The lowest BCUT2D eigenvalue weighted by atomic mass is 10.1. The fraction of sp³-hybridized carbons (Fsp3) is 0.348. The third-order valence-corrected chi connectivity index (χ3v) is 5.29. The van der Waals surface area contributed by atoms with E-state index in [0.717, 1.165) is 16.8 Å². The van der Waals surface area contributed by atoms with Gasteiger partial charge < -0.3 is 24.4 Å². The zero-order chi connectivity index (χ0) is 22.5. The van der Waals surface area contributed by atoms with E-state index in [4.69, 9.17) is 14.2 Å². The molecule has 0 radical (unpaired) electrons. The number of hydrogen-bond donors (Lipinski definition) is 1. The predicted octanol–water partition coefficient (Wildman–Crippen LogP) is 2.86. The minimum atomic E-state index is -0.617. The molecule has 0 spiro atoms. The summed E-state index contributed by atoms with van der Waals surface area (Å²) in [6, 6.07) is 10.7. The highest BCUT2D eigenvalue weighted by Crippen LogP contribution is 2.29. The molecule has 1 N–H and O–H groups in total. The molecular formula is C23H26N2O6. The van der Waals surface area contributed by atoms with Gasteiger partial charge in [-0.05, 0) is 49.2 Å². The third kappa shape index (κ3) is 5.14. The number of amides is 2. The number of anilines is 2. The first-order valence-corrected chi connectivity index (χ1v) is 9.88. The van der Waals surface area contributed by atoms with Crippen molar-refractivity contribution in [3.05, 3.63) is 47.5 Å². The van der Waals surface area contributed by atoms with Gasteiger partial charge in [-0.15, -0.1) is 0 Å². The lowest BCUT2D eigenvalue weighted by molar-refractivity contribution is -0.151. The molecule has 2 amide bonds. The first-order chi connectivity index (χ1) is 14.8. The highest BCUT2D eigenvalue weighted by Gasteiger charge is 2.36. The maximum atomic E-state index is 12.4. The van der Waals surface area contributed by atoms with Crippen LogP contribution in [0.4, 0.5) is 11.4 Å². The van der Waals surface area contributed by atoms with Crippen LogP contribution in [0.15, 0.2) is 36.4 Å². The molecule has 2 aromatic carbocycles. The van der Waals surface area contributed by atoms with Gasteiger partial charge in [-0.2, -0.15) is 0 Å². The normalized spacial score (nSPS) is 15.5. The number of carbonyl (C=O) groups excluding carboxylic acids is 3. The quantitative estimate of drug-likeness (QED) is 0.685. The summed E-state index contributed by atoms with van der Waals surface area (Å²) in [6.45, 7) is 3.73. The van der Waals surface area contributed by atoms with Crippen molar-refractivity contribution >= 4 is 29.2 Å². The molecule has 0 aromatic heterocycles. The SMILES string of the molecule is COc1ccc(OC)c(NC(=O)COC(=O)[C@@H]2CC(=O)N(c3ccc(C)c(C)c3)C2)c1. The largest absolute Gasteiger partial charge is 0.497 e. The average Bonchev–Trinajstić information content (AvgIpc) is 3.15. The van der Waals surface area contributed by atoms with Gasteiger partial charge in [0.2, 0.25) is 5.91 Å². The van der Waals surface area contributed by atoms with Gasteiger partial charge in [-0.1, -0.05) is 6.07 Å². The lowest BCUT2D eigenvalue weighted by Crippen LogP contribution is -2.28. The maximum Gasteiger partial charge on any atom is 0.311 e. The first-order valence-electron chi connectivity index (χ1n) is 9.88. The summed E-state index contributed by atoms with van der Waals surface area (Å²) >= 11 is 0. The van der Waals surface area contributed by atoms with Crippen molar-refractivity contribution in [2.24, 2.45) is 5.92 Å². The number of hydrogen-bond acceptors (Lipinski definition) is 6. The molecule has 8 nitrogen and oxygen atoms in total. The minimum Gasteiger partial charge on any atom is -0.497 e. The summed E-state index contributed by atoms with van der Waals surface area (Å²) in [6.07, 6.45) is 0.0527. The van der Waals surface area contributed by atoms with Gasteiger partial charge in [0.15, 0.2) is 6.61 Å². The van der Waals surface area contributed by atoms with E-state index < -0.39 is 24.4 Å². The Morgan fingerprint density at radius 1 is 1.06 bits per heavy atom. The molecule has 1 fully saturated rings. The summed E-state index contributed by atoms with van der Waals surface area (Å²) in [5, 5.41) is 2.64. The van der Waals surface area contributed by atoms with Gasteiger partial charge in [0, 0.05) is 24.7 Å². The van der Waals surface area contributed by atoms with E-state index in [1.54, 1.807) is 23.1 Å². The highest BCUT2D eigenvalue weighted by molar-refractivity contribution is 6.00. The van der Waals surface area contributed by atoms with Crippen molar-refractivity contribution < 1.29 is 28.6 Å². The van der Waals surface area contributed by atoms with E-state index in [-0.39, 0.29) is 18.9 Å². The van der Waals surface area contributed by atoms with Gasteiger partial charge in [0.05, 0.1) is 25.8 Å². The molecule has 31 heavy (non-hydrogen) atoms. The molecule has 2 aromatic rings. The Labute approximate surface area is 181 Å². The highest BCUT2D eigenvalue weighted by atomic mass is 16.5. The number of rotatable bonds is 7. The van der Waals surface area contributed by atoms with Crippen LogP contribution in [-0.2, 0) is 19.1 Å². The standard InChI is InChI=1S/C23H26N2O6/c1-14-5-6-17(9-15(14)2)25-12-16(10-22(25)27)23(28)31-13-21(26)24-19-11-18(29-3)7-8-20(19)30-4/h5-9,11,16H,10,12-13H2,1-4H3,(H,24,26)/t16-/m1/s1. The minimum absolute atomic E-state index is 0.0527. The fourth-order valence-electron chi connectivity index (χ4n) is 3.36. The molecule has 0 saturated carbocycles. The first kappa shape index (κ1) is 22.1. The van der Waals surface area contributed by atoms with E-state index in [9.17, 15) is 14.4 Å². The summed E-state index contributed by atoms with van der Waals surface area (Å²) < 4.78 is 15.5. The van der Waals surface area contributed by atoms with Crippen molar-refractivity contribution in [3.63, 3.8) is 0 Å². The van der Waals surface area contributed by atoms with Gasteiger partial charge in [-0.3, -0.25) is 14.4 Å². The second kappa shape index (κ2) is 9.51. The van der Waals surface area contributed by atoms with Crippen molar-refractivity contribution in [3.8, 4) is 11.5 Å². The molecule has 0 aliphatic carbocycles. The Hall–Kier alpha value is -3.55. The molecule has 8 heteroatoms. The molecule has 3 rings (SSSR count). The Morgan fingerprint density at radius 3 is 2.52 bits per heavy atom. The monoisotopic (exact) mass is 426 g/mol. The number of benzene rings is 2. The molecule has 1 atom stereocenters. The van der Waals surface area contributed by atoms with Crippen LogP contribution in [-0.4, -0.2) is 45.2 Å². The molecule has 0 bridgehead atoms. The fourth-order valence-corrected chi connectivity index (χ4v) is 3.36. The second-order valence-electron chi connectivity index (χ2n) is 7.40. The van der Waals surface area contributed by atoms with Crippen LogP contribution < -0.4 is 19.7 Å². The van der Waals surface area contributed by atoms with Crippen LogP contribution in [0.2, 0.25) is 0 Å². The van der Waals surface area contributed by atoms with Crippen LogP contribution in [0, 0.1) is 19.8 Å². The van der Waals surface area contributed by atoms with E-state index in [0.29, 0.717) is 17.2 Å². The number of aryl methyl sites for hydroxylation is 2. The zero-order valence-corrected chi connectivity index (χ0v) is 18.1. The lowest BCUT2D eigenvalue weighted by Gasteiger charge is -2.18. The van der Waals surface area contributed by atoms with E-state index in [2.05, 4.69) is 5.32 Å². The number of ether oxygens (including phenoxy) is 3. The molecule has 1 heterocycles. The van der Waals surface area contributed by atoms with Crippen molar-refractivity contribution in [2.75, 3.05) is 37.6 Å². The third-order valence-electron chi connectivity index (χ3n) is 5.29. The van der Waals surface area contributed by atoms with E-state index in [1.165, 1.54) is 14.2 Å². The summed E-state index contributed by atoms with van der Waals surface area (Å²) in [5.41, 5.74) is 3.36. The summed E-state index contributed by atoms with van der Waals surface area (Å²) in [4.78, 5) is 38.7. The van der Waals surface area contributed by atoms with Gasteiger partial charge in [-0.25, -0.2) is 0 Å². The van der Waals surface area contributed by atoms with Crippen LogP contribution in [0.5, 0.6) is 11.5 Å². The van der Waals surface area contributed by atoms with Crippen molar-refractivity contribution in [1.29, 1.82) is 0 Å². The molecule has 0 unspecified atom stereocenters. The Bertz CT molecular complexity index is 1000. The second-order valence-corrected chi connectivity index (χ2v) is 7.40. The Morgan fingerprint density at radius 2 is 1.84 bits per heavy atom. The summed E-state index contributed by atoms with van der Waals surface area (Å²) in [7, 11) is 3.00. The molecular weight excluding hydrogens is 400 g/mol. The van der Waals surface area contributed by atoms with E-state index in [1.807, 2.05) is 32.0 Å². The molecule has 164 valence electrons. The smallest absolute Gasteiger partial charge is 0.311 e. The Balaban J connectivity index is 1.57. The topological polar surface area (TPSA) is 94.2 Å². The maximum absolute atomic E-state index is 12.4. The average molecular weight is 426 g/mol.